The Morgan fingerprint density at radius 1 is 1.31 bits per heavy atom. The van der Waals surface area contributed by atoms with Crippen molar-refractivity contribution in [1.82, 2.24) is 5.32 Å². The summed E-state index contributed by atoms with van der Waals surface area (Å²) in [6, 6.07) is 0. The lowest BCUT2D eigenvalue weighted by Crippen LogP contribution is -2.23. The van der Waals surface area contributed by atoms with Gasteiger partial charge in [-0.25, -0.2) is 0 Å². The molecule has 0 rings (SSSR count). The summed E-state index contributed by atoms with van der Waals surface area (Å²) in [6.45, 7) is 2.93. The van der Waals surface area contributed by atoms with Crippen LogP contribution >= 0.6 is 0 Å². The van der Waals surface area contributed by atoms with E-state index in [1.165, 1.54) is 0 Å². The SMILES string of the molecule is COCCOCCNCCC(=O)O. The summed E-state index contributed by atoms with van der Waals surface area (Å²) in [5.74, 6) is -0.784. The number of rotatable bonds is 9. The van der Waals surface area contributed by atoms with E-state index in [4.69, 9.17) is 14.6 Å². The third-order valence-corrected chi connectivity index (χ3v) is 1.37. The minimum absolute atomic E-state index is 0.151. The van der Waals surface area contributed by atoms with E-state index in [1.54, 1.807) is 7.11 Å². The van der Waals surface area contributed by atoms with E-state index in [0.29, 0.717) is 32.9 Å². The maximum Gasteiger partial charge on any atom is 0.304 e. The molecule has 0 aliphatic carbocycles. The Hall–Kier alpha value is -0.650. The van der Waals surface area contributed by atoms with Gasteiger partial charge in [0, 0.05) is 20.2 Å². The van der Waals surface area contributed by atoms with E-state index in [2.05, 4.69) is 5.32 Å². The molecule has 0 unspecified atom stereocenters. The van der Waals surface area contributed by atoms with Gasteiger partial charge in [0.15, 0.2) is 0 Å². The van der Waals surface area contributed by atoms with Crippen molar-refractivity contribution in [3.8, 4) is 0 Å². The number of carboxylic acids is 1. The number of carboxylic acid groups (broad SMARTS) is 1. The van der Waals surface area contributed by atoms with Gasteiger partial charge in [-0.2, -0.15) is 0 Å². The van der Waals surface area contributed by atoms with Crippen LogP contribution in [0.5, 0.6) is 0 Å². The van der Waals surface area contributed by atoms with E-state index in [9.17, 15) is 4.79 Å². The first-order chi connectivity index (χ1) is 6.27. The average molecular weight is 191 g/mol. The highest BCUT2D eigenvalue weighted by Gasteiger charge is 1.94. The Kier molecular flexibility index (Phi) is 8.97. The minimum atomic E-state index is -0.784. The minimum Gasteiger partial charge on any atom is -0.481 e. The fourth-order valence-corrected chi connectivity index (χ4v) is 0.709. The molecule has 0 aromatic carbocycles. The molecule has 5 nitrogen and oxygen atoms in total. The van der Waals surface area contributed by atoms with Crippen LogP contribution in [0.15, 0.2) is 0 Å². The van der Waals surface area contributed by atoms with Crippen molar-refractivity contribution >= 4 is 5.97 Å². The van der Waals surface area contributed by atoms with Crippen LogP contribution in [0.1, 0.15) is 6.42 Å². The number of hydrogen-bond acceptors (Lipinski definition) is 4. The van der Waals surface area contributed by atoms with Crippen LogP contribution in [0.4, 0.5) is 0 Å². The van der Waals surface area contributed by atoms with Gasteiger partial charge >= 0.3 is 5.97 Å². The number of ether oxygens (including phenoxy) is 2. The molecule has 0 atom stereocenters. The Bertz CT molecular complexity index is 129. The van der Waals surface area contributed by atoms with Gasteiger partial charge in [0.05, 0.1) is 26.2 Å². The molecule has 0 aliphatic heterocycles. The second kappa shape index (κ2) is 9.44. The van der Waals surface area contributed by atoms with E-state index >= 15 is 0 Å². The normalized spacial score (nSPS) is 10.2. The lowest BCUT2D eigenvalue weighted by Gasteiger charge is -2.04. The summed E-state index contributed by atoms with van der Waals surface area (Å²) in [5.41, 5.74) is 0. The van der Waals surface area contributed by atoms with Crippen molar-refractivity contribution < 1.29 is 19.4 Å². The van der Waals surface area contributed by atoms with Gasteiger partial charge in [-0.3, -0.25) is 4.79 Å². The van der Waals surface area contributed by atoms with Crippen molar-refractivity contribution in [3.05, 3.63) is 0 Å². The third kappa shape index (κ3) is 11.3. The van der Waals surface area contributed by atoms with E-state index in [1.807, 2.05) is 0 Å². The highest BCUT2D eigenvalue weighted by atomic mass is 16.5. The quantitative estimate of drug-likeness (QED) is 0.490. The molecule has 78 valence electrons. The zero-order chi connectivity index (χ0) is 9.94. The van der Waals surface area contributed by atoms with Crippen molar-refractivity contribution in [2.24, 2.45) is 0 Å². The maximum atomic E-state index is 10.1. The van der Waals surface area contributed by atoms with Gasteiger partial charge in [0.25, 0.3) is 0 Å². The lowest BCUT2D eigenvalue weighted by atomic mass is 10.4. The lowest BCUT2D eigenvalue weighted by molar-refractivity contribution is -0.136. The average Bonchev–Trinajstić information content (AvgIpc) is 2.09. The molecular formula is C8H17NO4. The maximum absolute atomic E-state index is 10.1. The van der Waals surface area contributed by atoms with Gasteiger partial charge in [0.2, 0.25) is 0 Å². The van der Waals surface area contributed by atoms with Crippen LogP contribution in [0.25, 0.3) is 0 Å². The third-order valence-electron chi connectivity index (χ3n) is 1.37. The Balaban J connectivity index is 2.87. The highest BCUT2D eigenvalue weighted by molar-refractivity contribution is 5.66. The first-order valence-electron chi connectivity index (χ1n) is 4.26. The monoisotopic (exact) mass is 191 g/mol. The molecule has 0 saturated carbocycles. The van der Waals surface area contributed by atoms with Gasteiger partial charge in [-0.1, -0.05) is 0 Å². The molecule has 5 heteroatoms. The number of methoxy groups -OCH3 is 1. The molecule has 0 spiro atoms. The Morgan fingerprint density at radius 2 is 2.08 bits per heavy atom. The summed E-state index contributed by atoms with van der Waals surface area (Å²) < 4.78 is 9.92. The molecule has 0 fully saturated rings. The molecule has 0 aliphatic rings. The van der Waals surface area contributed by atoms with Crippen LogP contribution in [-0.2, 0) is 14.3 Å². The van der Waals surface area contributed by atoms with Gasteiger partial charge < -0.3 is 19.9 Å². The fraction of sp³-hybridized carbons (Fsp3) is 0.875. The molecule has 0 heterocycles. The standard InChI is InChI=1S/C8H17NO4/c1-12-6-7-13-5-4-9-3-2-8(10)11/h9H,2-7H2,1H3,(H,10,11). The molecule has 0 amide bonds. The molecule has 13 heavy (non-hydrogen) atoms. The largest absolute Gasteiger partial charge is 0.481 e. The zero-order valence-electron chi connectivity index (χ0n) is 7.91. The summed E-state index contributed by atoms with van der Waals surface area (Å²) >= 11 is 0. The second-order valence-corrected chi connectivity index (χ2v) is 2.50. The molecule has 0 aromatic rings. The number of nitrogens with one attached hydrogen (secondary N) is 1. The van der Waals surface area contributed by atoms with Gasteiger partial charge in [0.1, 0.15) is 0 Å². The highest BCUT2D eigenvalue weighted by Crippen LogP contribution is 1.77. The predicted molar refractivity (Wildman–Crippen MR) is 47.8 cm³/mol. The zero-order valence-corrected chi connectivity index (χ0v) is 7.91. The summed E-state index contributed by atoms with van der Waals surface area (Å²) in [6.07, 6.45) is 0.151. The second-order valence-electron chi connectivity index (χ2n) is 2.50. The first kappa shape index (κ1) is 12.3. The van der Waals surface area contributed by atoms with Crippen molar-refractivity contribution in [2.75, 3.05) is 40.0 Å². The smallest absolute Gasteiger partial charge is 0.304 e. The van der Waals surface area contributed by atoms with Crippen molar-refractivity contribution in [1.29, 1.82) is 0 Å². The summed E-state index contributed by atoms with van der Waals surface area (Å²) in [4.78, 5) is 10.1. The van der Waals surface area contributed by atoms with Crippen LogP contribution in [0, 0.1) is 0 Å². The van der Waals surface area contributed by atoms with E-state index < -0.39 is 5.97 Å². The van der Waals surface area contributed by atoms with Crippen LogP contribution < -0.4 is 5.32 Å². The number of hydrogen-bond donors (Lipinski definition) is 2. The first-order valence-corrected chi connectivity index (χ1v) is 4.26. The van der Waals surface area contributed by atoms with Gasteiger partial charge in [-0.15, -0.1) is 0 Å². The molecule has 0 saturated heterocycles. The van der Waals surface area contributed by atoms with Crippen LogP contribution in [0.2, 0.25) is 0 Å². The van der Waals surface area contributed by atoms with Crippen LogP contribution in [0.3, 0.4) is 0 Å². The number of aliphatic carboxylic acids is 1. The summed E-state index contributed by atoms with van der Waals surface area (Å²) in [7, 11) is 1.62. The molecule has 0 aromatic heterocycles. The van der Waals surface area contributed by atoms with Crippen molar-refractivity contribution in [2.45, 2.75) is 6.42 Å². The summed E-state index contributed by atoms with van der Waals surface area (Å²) in [5, 5.41) is 11.2. The topological polar surface area (TPSA) is 67.8 Å². The number of carbonyl (C=O) groups is 1. The Labute approximate surface area is 78.0 Å². The van der Waals surface area contributed by atoms with E-state index in [-0.39, 0.29) is 6.42 Å². The molecule has 0 radical (unpaired) electrons. The molecule has 0 bridgehead atoms. The Morgan fingerprint density at radius 3 is 2.69 bits per heavy atom. The predicted octanol–water partition coefficient (Wildman–Crippen LogP) is -0.286. The fourth-order valence-electron chi connectivity index (χ4n) is 0.709. The van der Waals surface area contributed by atoms with Crippen LogP contribution in [-0.4, -0.2) is 51.1 Å². The molecule has 2 N–H and O–H groups in total. The van der Waals surface area contributed by atoms with E-state index in [0.717, 1.165) is 0 Å². The van der Waals surface area contributed by atoms with Crippen molar-refractivity contribution in [3.63, 3.8) is 0 Å². The van der Waals surface area contributed by atoms with Gasteiger partial charge in [-0.05, 0) is 0 Å². The molecular weight excluding hydrogens is 174 g/mol.